The van der Waals surface area contributed by atoms with Crippen molar-refractivity contribution < 1.29 is 24.6 Å². The van der Waals surface area contributed by atoms with Gasteiger partial charge in [0.25, 0.3) is 5.91 Å². The van der Waals surface area contributed by atoms with E-state index in [1.54, 1.807) is 6.08 Å². The number of hydrogen-bond acceptors (Lipinski definition) is 5. The van der Waals surface area contributed by atoms with Gasteiger partial charge in [-0.2, -0.15) is 0 Å². The number of carboxylic acids is 2. The predicted octanol–water partition coefficient (Wildman–Crippen LogP) is 3.33. The fourth-order valence-electron chi connectivity index (χ4n) is 2.50. The number of aliphatic carboxylic acids is 2. The summed E-state index contributed by atoms with van der Waals surface area (Å²) in [6, 6.07) is 6.45. The lowest BCUT2D eigenvalue weighted by Crippen LogP contribution is -2.44. The number of carbonyl (C=O) groups is 3. The smallest absolute Gasteiger partial charge is 0.326 e. The monoisotopic (exact) mass is 393 g/mol. The van der Waals surface area contributed by atoms with Gasteiger partial charge in [0.15, 0.2) is 0 Å². The molecule has 1 aromatic carbocycles. The number of rotatable bonds is 7. The van der Waals surface area contributed by atoms with E-state index in [0.29, 0.717) is 10.8 Å². The SMILES string of the molecule is CC(C)c1ccc(/C=C2\SC(=S)N(C(CCC(=O)O)C(=O)O)C2=O)cc1. The first-order chi connectivity index (χ1) is 12.2. The van der Waals surface area contributed by atoms with Crippen LogP contribution in [0.2, 0.25) is 0 Å². The maximum Gasteiger partial charge on any atom is 0.326 e. The molecule has 0 aromatic heterocycles. The van der Waals surface area contributed by atoms with E-state index in [4.69, 9.17) is 17.3 Å². The molecule has 1 unspecified atom stereocenters. The van der Waals surface area contributed by atoms with Crippen molar-refractivity contribution in [2.24, 2.45) is 0 Å². The zero-order valence-corrected chi connectivity index (χ0v) is 16.0. The summed E-state index contributed by atoms with van der Waals surface area (Å²) < 4.78 is 0.123. The molecule has 6 nitrogen and oxygen atoms in total. The second-order valence-corrected chi connectivity index (χ2v) is 7.84. The maximum atomic E-state index is 12.6. The van der Waals surface area contributed by atoms with Crippen molar-refractivity contribution in [3.05, 3.63) is 40.3 Å². The molecule has 1 heterocycles. The highest BCUT2D eigenvalue weighted by atomic mass is 32.2. The maximum absolute atomic E-state index is 12.6. The highest BCUT2D eigenvalue weighted by molar-refractivity contribution is 8.26. The van der Waals surface area contributed by atoms with Crippen molar-refractivity contribution in [3.63, 3.8) is 0 Å². The average molecular weight is 393 g/mol. The zero-order chi connectivity index (χ0) is 19.4. The lowest BCUT2D eigenvalue weighted by Gasteiger charge is -2.22. The number of hydrogen-bond donors (Lipinski definition) is 2. The molecule has 1 amide bonds. The van der Waals surface area contributed by atoms with E-state index in [9.17, 15) is 19.5 Å². The summed E-state index contributed by atoms with van der Waals surface area (Å²) in [5.74, 6) is -2.51. The number of thiocarbonyl (C=S) groups is 1. The van der Waals surface area contributed by atoms with Gasteiger partial charge < -0.3 is 10.2 Å². The van der Waals surface area contributed by atoms with Crippen LogP contribution in [0.4, 0.5) is 0 Å². The summed E-state index contributed by atoms with van der Waals surface area (Å²) in [7, 11) is 0. The van der Waals surface area contributed by atoms with Crippen molar-refractivity contribution in [3.8, 4) is 0 Å². The molecule has 1 saturated heterocycles. The van der Waals surface area contributed by atoms with Gasteiger partial charge in [-0.25, -0.2) is 4.79 Å². The molecule has 0 radical (unpaired) electrons. The van der Waals surface area contributed by atoms with E-state index in [1.165, 1.54) is 5.56 Å². The lowest BCUT2D eigenvalue weighted by atomic mass is 10.0. The third kappa shape index (κ3) is 4.70. The van der Waals surface area contributed by atoms with Crippen molar-refractivity contribution >= 4 is 52.2 Å². The van der Waals surface area contributed by atoms with Gasteiger partial charge in [-0.3, -0.25) is 14.5 Å². The van der Waals surface area contributed by atoms with Gasteiger partial charge in [0, 0.05) is 6.42 Å². The largest absolute Gasteiger partial charge is 0.481 e. The van der Waals surface area contributed by atoms with E-state index in [2.05, 4.69) is 13.8 Å². The number of benzene rings is 1. The van der Waals surface area contributed by atoms with Gasteiger partial charge in [0.2, 0.25) is 0 Å². The molecular formula is C18H19NO5S2. The Morgan fingerprint density at radius 2 is 1.85 bits per heavy atom. The molecule has 0 aliphatic carbocycles. The van der Waals surface area contributed by atoms with E-state index >= 15 is 0 Å². The fraction of sp³-hybridized carbons (Fsp3) is 0.333. The Morgan fingerprint density at radius 1 is 1.23 bits per heavy atom. The molecule has 2 N–H and O–H groups in total. The second kappa shape index (κ2) is 8.46. The molecule has 26 heavy (non-hydrogen) atoms. The van der Waals surface area contributed by atoms with Gasteiger partial charge in [-0.1, -0.05) is 62.1 Å². The number of amides is 1. The first-order valence-corrected chi connectivity index (χ1v) is 9.24. The molecule has 1 aliphatic rings. The first-order valence-electron chi connectivity index (χ1n) is 8.02. The summed E-state index contributed by atoms with van der Waals surface area (Å²) >= 11 is 6.18. The van der Waals surface area contributed by atoms with Gasteiger partial charge in [0.1, 0.15) is 10.4 Å². The topological polar surface area (TPSA) is 94.9 Å². The molecule has 138 valence electrons. The van der Waals surface area contributed by atoms with Crippen molar-refractivity contribution in [2.75, 3.05) is 0 Å². The minimum Gasteiger partial charge on any atom is -0.481 e. The predicted molar refractivity (Wildman–Crippen MR) is 104 cm³/mol. The number of carbonyl (C=O) groups excluding carboxylic acids is 1. The normalized spacial score (nSPS) is 17.2. The average Bonchev–Trinajstić information content (AvgIpc) is 2.82. The number of carboxylic acid groups (broad SMARTS) is 2. The van der Waals surface area contributed by atoms with E-state index < -0.39 is 23.9 Å². The Labute approximate surface area is 160 Å². The Bertz CT molecular complexity index is 770. The van der Waals surface area contributed by atoms with Crippen LogP contribution in [0.5, 0.6) is 0 Å². The Balaban J connectivity index is 2.23. The Kier molecular flexibility index (Phi) is 6.55. The molecule has 0 bridgehead atoms. The lowest BCUT2D eigenvalue weighted by molar-refractivity contribution is -0.146. The van der Waals surface area contributed by atoms with Gasteiger partial charge in [0.05, 0.1) is 4.91 Å². The van der Waals surface area contributed by atoms with Crippen molar-refractivity contribution in [1.82, 2.24) is 4.90 Å². The first kappa shape index (κ1) is 20.1. The molecule has 0 spiro atoms. The fourth-order valence-corrected chi connectivity index (χ4v) is 3.86. The third-order valence-corrected chi connectivity index (χ3v) is 5.28. The van der Waals surface area contributed by atoms with Crippen LogP contribution in [0.25, 0.3) is 6.08 Å². The van der Waals surface area contributed by atoms with Crippen LogP contribution in [0, 0.1) is 0 Å². The van der Waals surface area contributed by atoms with Gasteiger partial charge >= 0.3 is 11.9 Å². The molecular weight excluding hydrogens is 374 g/mol. The molecule has 1 atom stereocenters. The minimum atomic E-state index is -1.28. The van der Waals surface area contributed by atoms with Gasteiger partial charge in [-0.15, -0.1) is 0 Å². The van der Waals surface area contributed by atoms with Crippen molar-refractivity contribution in [1.29, 1.82) is 0 Å². The molecule has 1 aromatic rings. The van der Waals surface area contributed by atoms with Crippen LogP contribution < -0.4 is 0 Å². The summed E-state index contributed by atoms with van der Waals surface area (Å²) in [6.45, 7) is 4.17. The van der Waals surface area contributed by atoms with E-state index in [-0.39, 0.29) is 17.2 Å². The Hall–Kier alpha value is -2.19. The summed E-state index contributed by atoms with van der Waals surface area (Å²) in [5.41, 5.74) is 1.99. The summed E-state index contributed by atoms with van der Waals surface area (Å²) in [4.78, 5) is 36.2. The van der Waals surface area contributed by atoms with Crippen LogP contribution in [0.1, 0.15) is 43.7 Å². The molecule has 2 rings (SSSR count). The van der Waals surface area contributed by atoms with Crippen LogP contribution in [0.15, 0.2) is 29.2 Å². The van der Waals surface area contributed by atoms with Crippen LogP contribution >= 0.6 is 24.0 Å². The molecule has 0 saturated carbocycles. The number of nitrogens with zero attached hydrogens (tertiary/aromatic N) is 1. The quantitative estimate of drug-likeness (QED) is 0.542. The summed E-state index contributed by atoms with van der Waals surface area (Å²) in [6.07, 6.45) is 1.11. The van der Waals surface area contributed by atoms with Crippen LogP contribution in [0.3, 0.4) is 0 Å². The molecule has 1 aliphatic heterocycles. The minimum absolute atomic E-state index is 0.123. The van der Waals surface area contributed by atoms with E-state index in [0.717, 1.165) is 22.2 Å². The molecule has 8 heteroatoms. The standard InChI is InChI=1S/C18H19NO5S2/c1-10(2)12-5-3-11(4-6-12)9-14-16(22)19(18(25)26-14)13(17(23)24)7-8-15(20)21/h3-6,9-10,13H,7-8H2,1-2H3,(H,20,21)(H,23,24)/b14-9-. The highest BCUT2D eigenvalue weighted by Gasteiger charge is 2.40. The van der Waals surface area contributed by atoms with E-state index in [1.807, 2.05) is 24.3 Å². The molecule has 1 fully saturated rings. The van der Waals surface area contributed by atoms with Gasteiger partial charge in [-0.05, 0) is 29.5 Å². The second-order valence-electron chi connectivity index (χ2n) is 6.16. The van der Waals surface area contributed by atoms with Crippen LogP contribution in [-0.2, 0) is 14.4 Å². The zero-order valence-electron chi connectivity index (χ0n) is 14.3. The summed E-state index contributed by atoms with van der Waals surface area (Å²) in [5, 5.41) is 18.1. The Morgan fingerprint density at radius 3 is 2.35 bits per heavy atom. The highest BCUT2D eigenvalue weighted by Crippen LogP contribution is 2.35. The third-order valence-electron chi connectivity index (χ3n) is 3.95. The number of thioether (sulfide) groups is 1. The van der Waals surface area contributed by atoms with Crippen molar-refractivity contribution in [2.45, 2.75) is 38.6 Å². The van der Waals surface area contributed by atoms with Crippen LogP contribution in [-0.4, -0.2) is 43.3 Å².